The molecule has 0 radical (unpaired) electrons. The van der Waals surface area contributed by atoms with E-state index in [1.54, 1.807) is 29.6 Å². The van der Waals surface area contributed by atoms with Crippen LogP contribution >= 0.6 is 24.0 Å². The highest BCUT2D eigenvalue weighted by Crippen LogP contribution is 2.32. The van der Waals surface area contributed by atoms with Crippen molar-refractivity contribution in [3.05, 3.63) is 29.3 Å². The van der Waals surface area contributed by atoms with Crippen LogP contribution < -0.4 is 0 Å². The fraction of sp³-hybridized carbons (Fsp3) is 0.667. The molecule has 0 spiro atoms. The first-order valence-corrected chi connectivity index (χ1v) is 10.7. The van der Waals surface area contributed by atoms with Crippen LogP contribution in [-0.2, 0) is 10.0 Å². The molecule has 1 saturated heterocycles. The Morgan fingerprint density at radius 1 is 1.16 bits per heavy atom. The number of hydrogen-bond donors (Lipinski definition) is 0. The van der Waals surface area contributed by atoms with Crippen LogP contribution in [-0.4, -0.2) is 49.8 Å². The quantitative estimate of drug-likeness (QED) is 0.757. The summed E-state index contributed by atoms with van der Waals surface area (Å²) in [6.45, 7) is 4.63. The fourth-order valence-electron chi connectivity index (χ4n) is 3.98. The Kier molecular flexibility index (Phi) is 7.19. The van der Waals surface area contributed by atoms with Crippen molar-refractivity contribution in [3.8, 4) is 0 Å². The van der Waals surface area contributed by atoms with Crippen LogP contribution in [0.1, 0.15) is 39.0 Å². The van der Waals surface area contributed by atoms with Gasteiger partial charge in [-0.15, -0.1) is 12.4 Å². The van der Waals surface area contributed by atoms with E-state index in [9.17, 15) is 8.42 Å². The van der Waals surface area contributed by atoms with Gasteiger partial charge < -0.3 is 4.90 Å². The summed E-state index contributed by atoms with van der Waals surface area (Å²) in [5, 5.41) is 0.455. The third-order valence-electron chi connectivity index (χ3n) is 5.70. The summed E-state index contributed by atoms with van der Waals surface area (Å²) in [6, 6.07) is 7.15. The monoisotopic (exact) mass is 406 g/mol. The Morgan fingerprint density at radius 2 is 1.84 bits per heavy atom. The molecule has 2 aliphatic rings. The first-order valence-electron chi connectivity index (χ1n) is 8.85. The predicted octanol–water partition coefficient (Wildman–Crippen LogP) is 4.04. The zero-order valence-corrected chi connectivity index (χ0v) is 17.3. The summed E-state index contributed by atoms with van der Waals surface area (Å²) < 4.78 is 27.3. The zero-order chi connectivity index (χ0) is 17.3. The summed E-state index contributed by atoms with van der Waals surface area (Å²) in [7, 11) is -1.77. The van der Waals surface area contributed by atoms with Gasteiger partial charge in [0, 0.05) is 24.2 Å². The number of halogens is 2. The van der Waals surface area contributed by atoms with Gasteiger partial charge in [0.25, 0.3) is 0 Å². The Balaban J connectivity index is 0.00000225. The molecule has 0 aromatic heterocycles. The number of hydrogen-bond acceptors (Lipinski definition) is 3. The highest BCUT2D eigenvalue weighted by Gasteiger charge is 2.37. The average molecular weight is 407 g/mol. The lowest BCUT2D eigenvalue weighted by molar-refractivity contribution is 0.136. The normalized spacial score (nSPS) is 25.9. The molecule has 1 aromatic rings. The molecule has 1 aromatic carbocycles. The molecule has 1 heterocycles. The topological polar surface area (TPSA) is 40.6 Å². The van der Waals surface area contributed by atoms with E-state index in [2.05, 4.69) is 11.8 Å². The molecule has 0 amide bonds. The van der Waals surface area contributed by atoms with Crippen molar-refractivity contribution in [1.29, 1.82) is 0 Å². The van der Waals surface area contributed by atoms with Crippen LogP contribution in [0, 0.1) is 5.92 Å². The van der Waals surface area contributed by atoms with Gasteiger partial charge in [0.1, 0.15) is 0 Å². The molecule has 0 bridgehead atoms. The lowest BCUT2D eigenvalue weighted by Crippen LogP contribution is -2.41. The maximum absolute atomic E-state index is 12.9. The molecule has 7 heteroatoms. The fourth-order valence-corrected chi connectivity index (χ4v) is 5.68. The smallest absolute Gasteiger partial charge is 0.243 e. The molecular weight excluding hydrogens is 379 g/mol. The Bertz CT molecular complexity index is 675. The SMILES string of the molecule is CC1CCN([C@@H]2CC[C@H](N(C)S(=O)(=O)c3cccc(Cl)c3)C2)CC1.Cl. The molecule has 25 heavy (non-hydrogen) atoms. The van der Waals surface area contributed by atoms with Gasteiger partial charge in [-0.25, -0.2) is 8.42 Å². The maximum Gasteiger partial charge on any atom is 0.243 e. The van der Waals surface area contributed by atoms with Crippen molar-refractivity contribution in [3.63, 3.8) is 0 Å². The van der Waals surface area contributed by atoms with Gasteiger partial charge >= 0.3 is 0 Å². The average Bonchev–Trinajstić information content (AvgIpc) is 3.04. The molecule has 1 aliphatic heterocycles. The van der Waals surface area contributed by atoms with Crippen molar-refractivity contribution in [2.24, 2.45) is 5.92 Å². The van der Waals surface area contributed by atoms with E-state index in [1.165, 1.54) is 18.9 Å². The van der Waals surface area contributed by atoms with Crippen LogP contribution in [0.2, 0.25) is 5.02 Å². The van der Waals surface area contributed by atoms with Crippen molar-refractivity contribution in [1.82, 2.24) is 9.21 Å². The van der Waals surface area contributed by atoms with E-state index in [0.717, 1.165) is 38.3 Å². The van der Waals surface area contributed by atoms with Crippen molar-refractivity contribution in [2.45, 2.75) is 56.0 Å². The molecule has 2 fully saturated rings. The number of nitrogens with zero attached hydrogens (tertiary/aromatic N) is 2. The van der Waals surface area contributed by atoms with Crippen molar-refractivity contribution >= 4 is 34.0 Å². The Morgan fingerprint density at radius 3 is 2.48 bits per heavy atom. The number of likely N-dealkylation sites (tertiary alicyclic amines) is 1. The Labute approximate surface area is 163 Å². The van der Waals surface area contributed by atoms with Crippen LogP contribution in [0.4, 0.5) is 0 Å². The van der Waals surface area contributed by atoms with Gasteiger partial charge in [-0.05, 0) is 69.3 Å². The molecule has 142 valence electrons. The predicted molar refractivity (Wildman–Crippen MR) is 105 cm³/mol. The molecule has 0 N–H and O–H groups in total. The molecular formula is C18H28Cl2N2O2S. The molecule has 1 aliphatic carbocycles. The van der Waals surface area contributed by atoms with Gasteiger partial charge in [0.2, 0.25) is 10.0 Å². The minimum absolute atomic E-state index is 0. The van der Waals surface area contributed by atoms with E-state index in [-0.39, 0.29) is 23.3 Å². The third-order valence-corrected chi connectivity index (χ3v) is 7.84. The number of rotatable bonds is 4. The summed E-state index contributed by atoms with van der Waals surface area (Å²) in [5.74, 6) is 0.823. The van der Waals surface area contributed by atoms with Crippen molar-refractivity contribution in [2.75, 3.05) is 20.1 Å². The highest BCUT2D eigenvalue weighted by atomic mass is 35.5. The van der Waals surface area contributed by atoms with Gasteiger partial charge in [0.05, 0.1) is 4.90 Å². The van der Waals surface area contributed by atoms with Gasteiger partial charge in [-0.3, -0.25) is 0 Å². The van der Waals surface area contributed by atoms with E-state index >= 15 is 0 Å². The minimum Gasteiger partial charge on any atom is -0.300 e. The summed E-state index contributed by atoms with van der Waals surface area (Å²) in [5.41, 5.74) is 0. The number of piperidine rings is 1. The first-order chi connectivity index (χ1) is 11.4. The second-order valence-corrected chi connectivity index (χ2v) is 9.75. The summed E-state index contributed by atoms with van der Waals surface area (Å²) >= 11 is 5.96. The minimum atomic E-state index is -3.48. The van der Waals surface area contributed by atoms with Gasteiger partial charge in [0.15, 0.2) is 0 Å². The van der Waals surface area contributed by atoms with Gasteiger partial charge in [-0.1, -0.05) is 24.6 Å². The summed E-state index contributed by atoms with van der Waals surface area (Å²) in [4.78, 5) is 2.85. The largest absolute Gasteiger partial charge is 0.300 e. The Hall–Kier alpha value is -0.330. The number of benzene rings is 1. The number of sulfonamides is 1. The molecule has 1 saturated carbocycles. The summed E-state index contributed by atoms with van der Waals surface area (Å²) in [6.07, 6.45) is 5.49. The lowest BCUT2D eigenvalue weighted by Gasteiger charge is -2.35. The molecule has 0 unspecified atom stereocenters. The second kappa shape index (κ2) is 8.57. The van der Waals surface area contributed by atoms with E-state index < -0.39 is 10.0 Å². The molecule has 2 atom stereocenters. The van der Waals surface area contributed by atoms with Crippen LogP contribution in [0.15, 0.2) is 29.2 Å². The third kappa shape index (κ3) is 4.69. The van der Waals surface area contributed by atoms with Crippen LogP contribution in [0.3, 0.4) is 0 Å². The second-order valence-electron chi connectivity index (χ2n) is 7.32. The first kappa shape index (κ1) is 21.0. The van der Waals surface area contributed by atoms with E-state index in [1.807, 2.05) is 0 Å². The van der Waals surface area contributed by atoms with Crippen LogP contribution in [0.5, 0.6) is 0 Å². The lowest BCUT2D eigenvalue weighted by atomic mass is 9.97. The van der Waals surface area contributed by atoms with E-state index in [0.29, 0.717) is 11.1 Å². The van der Waals surface area contributed by atoms with E-state index in [4.69, 9.17) is 11.6 Å². The molecule has 4 nitrogen and oxygen atoms in total. The standard InChI is InChI=1S/C18H27ClN2O2S.ClH/c1-14-8-10-21(11-9-14)17-7-6-16(13-17)20(2)24(22,23)18-5-3-4-15(19)12-18;/h3-5,12,14,16-17H,6-11,13H2,1-2H3;1H/t16-,17+;/m0./s1. The molecule has 3 rings (SSSR count). The van der Waals surface area contributed by atoms with Crippen LogP contribution in [0.25, 0.3) is 0 Å². The zero-order valence-electron chi connectivity index (χ0n) is 14.9. The highest BCUT2D eigenvalue weighted by molar-refractivity contribution is 7.89. The maximum atomic E-state index is 12.9. The van der Waals surface area contributed by atoms with Gasteiger partial charge in [-0.2, -0.15) is 4.31 Å². The van der Waals surface area contributed by atoms with Crippen molar-refractivity contribution < 1.29 is 8.42 Å².